The van der Waals surface area contributed by atoms with Crippen LogP contribution >= 0.6 is 0 Å². The Hall–Kier alpha value is -1.62. The number of fused-ring (bicyclic) bond motifs is 1. The molecular formula is C15H22F3N5. The van der Waals surface area contributed by atoms with E-state index in [9.17, 15) is 13.2 Å². The summed E-state index contributed by atoms with van der Waals surface area (Å²) >= 11 is 0. The Balaban J connectivity index is 1.98. The van der Waals surface area contributed by atoms with Crippen LogP contribution in [0.3, 0.4) is 0 Å². The van der Waals surface area contributed by atoms with Crippen molar-refractivity contribution in [2.24, 2.45) is 5.41 Å². The standard InChI is InChI=1S/C15H22F3N5/c1-14(2,6-4-7-19)10-20-9-12-21-22-13-11(15(16,17)18)5-3-8-23(12)13/h11,20H,3-6,8-10H2,1-2H3/t11-/m1/s1. The summed E-state index contributed by atoms with van der Waals surface area (Å²) in [6.07, 6.45) is -2.45. The molecule has 0 unspecified atom stereocenters. The molecule has 1 aliphatic rings. The van der Waals surface area contributed by atoms with Gasteiger partial charge in [0.2, 0.25) is 0 Å². The van der Waals surface area contributed by atoms with E-state index in [0.717, 1.165) is 6.42 Å². The highest BCUT2D eigenvalue weighted by molar-refractivity contribution is 5.07. The summed E-state index contributed by atoms with van der Waals surface area (Å²) in [6, 6.07) is 2.13. The Bertz CT molecular complexity index is 571. The van der Waals surface area contributed by atoms with Crippen LogP contribution < -0.4 is 5.32 Å². The first-order valence-electron chi connectivity index (χ1n) is 7.81. The second kappa shape index (κ2) is 6.87. The van der Waals surface area contributed by atoms with Gasteiger partial charge in [0.1, 0.15) is 17.6 Å². The number of halogens is 3. The van der Waals surface area contributed by atoms with Gasteiger partial charge in [-0.25, -0.2) is 0 Å². The molecule has 0 radical (unpaired) electrons. The third kappa shape index (κ3) is 4.44. The highest BCUT2D eigenvalue weighted by atomic mass is 19.4. The molecule has 1 aliphatic heterocycles. The van der Waals surface area contributed by atoms with Crippen LogP contribution in [0.25, 0.3) is 0 Å². The smallest absolute Gasteiger partial charge is 0.313 e. The predicted molar refractivity (Wildman–Crippen MR) is 78.4 cm³/mol. The van der Waals surface area contributed by atoms with E-state index in [1.807, 2.05) is 0 Å². The molecule has 2 rings (SSSR count). The Morgan fingerprint density at radius 3 is 2.74 bits per heavy atom. The average Bonchev–Trinajstić information content (AvgIpc) is 2.87. The first kappa shape index (κ1) is 17.7. The molecule has 1 N–H and O–H groups in total. The lowest BCUT2D eigenvalue weighted by atomic mass is 9.88. The topological polar surface area (TPSA) is 66.5 Å². The van der Waals surface area contributed by atoms with Gasteiger partial charge in [-0.3, -0.25) is 0 Å². The third-order valence-corrected chi connectivity index (χ3v) is 4.24. The van der Waals surface area contributed by atoms with E-state index in [0.29, 0.717) is 38.3 Å². The minimum atomic E-state index is -4.27. The van der Waals surface area contributed by atoms with Crippen LogP contribution in [-0.4, -0.2) is 27.5 Å². The van der Waals surface area contributed by atoms with Crippen LogP contribution in [0.1, 0.15) is 57.1 Å². The van der Waals surface area contributed by atoms with E-state index in [1.54, 1.807) is 4.57 Å². The van der Waals surface area contributed by atoms with Gasteiger partial charge in [-0.1, -0.05) is 13.8 Å². The number of nitriles is 1. The van der Waals surface area contributed by atoms with E-state index in [-0.39, 0.29) is 17.7 Å². The van der Waals surface area contributed by atoms with E-state index in [4.69, 9.17) is 5.26 Å². The molecule has 8 heteroatoms. The molecule has 1 aromatic heterocycles. The fraction of sp³-hybridized carbons (Fsp3) is 0.800. The number of rotatable bonds is 6. The summed E-state index contributed by atoms with van der Waals surface area (Å²) in [4.78, 5) is 0. The van der Waals surface area contributed by atoms with Crippen molar-refractivity contribution < 1.29 is 13.2 Å². The molecule has 0 saturated carbocycles. The lowest BCUT2D eigenvalue weighted by Gasteiger charge is -2.26. The predicted octanol–water partition coefficient (Wildman–Crippen LogP) is 3.14. The number of nitrogens with one attached hydrogen (secondary N) is 1. The van der Waals surface area contributed by atoms with Crippen LogP contribution in [0, 0.1) is 16.7 Å². The molecular weight excluding hydrogens is 307 g/mol. The summed E-state index contributed by atoms with van der Waals surface area (Å²) in [5.41, 5.74) is -0.0466. The second-order valence-corrected chi connectivity index (χ2v) is 6.79. The lowest BCUT2D eigenvalue weighted by molar-refractivity contribution is -0.156. The zero-order valence-corrected chi connectivity index (χ0v) is 13.4. The van der Waals surface area contributed by atoms with Crippen molar-refractivity contribution in [3.63, 3.8) is 0 Å². The van der Waals surface area contributed by atoms with E-state index in [2.05, 4.69) is 35.4 Å². The Morgan fingerprint density at radius 2 is 2.09 bits per heavy atom. The van der Waals surface area contributed by atoms with Crippen molar-refractivity contribution in [2.75, 3.05) is 6.54 Å². The van der Waals surface area contributed by atoms with Crippen LogP contribution in [0.15, 0.2) is 0 Å². The van der Waals surface area contributed by atoms with Crippen LogP contribution in [0.2, 0.25) is 0 Å². The SMILES string of the molecule is CC(C)(CCC#N)CNCc1nnc2n1CCC[C@H]2C(F)(F)F. The monoisotopic (exact) mass is 329 g/mol. The Morgan fingerprint density at radius 1 is 1.35 bits per heavy atom. The average molecular weight is 329 g/mol. The molecule has 0 spiro atoms. The Labute approximate surface area is 133 Å². The number of hydrogen-bond donors (Lipinski definition) is 1. The molecule has 0 bridgehead atoms. The molecule has 0 saturated heterocycles. The minimum absolute atomic E-state index is 0.0318. The maximum atomic E-state index is 13.0. The number of aromatic nitrogens is 3. The van der Waals surface area contributed by atoms with Gasteiger partial charge >= 0.3 is 6.18 Å². The largest absolute Gasteiger partial charge is 0.398 e. The second-order valence-electron chi connectivity index (χ2n) is 6.79. The van der Waals surface area contributed by atoms with Crippen LogP contribution in [0.5, 0.6) is 0 Å². The van der Waals surface area contributed by atoms with Crippen molar-refractivity contribution in [1.82, 2.24) is 20.1 Å². The van der Waals surface area contributed by atoms with Crippen LogP contribution in [0.4, 0.5) is 13.2 Å². The zero-order valence-electron chi connectivity index (χ0n) is 13.4. The first-order valence-corrected chi connectivity index (χ1v) is 7.81. The molecule has 0 amide bonds. The zero-order chi connectivity index (χ0) is 17.1. The fourth-order valence-electron chi connectivity index (χ4n) is 2.87. The van der Waals surface area contributed by atoms with Gasteiger partial charge in [0, 0.05) is 19.5 Å². The van der Waals surface area contributed by atoms with E-state index < -0.39 is 12.1 Å². The highest BCUT2D eigenvalue weighted by Crippen LogP contribution is 2.40. The van der Waals surface area contributed by atoms with Gasteiger partial charge in [-0.05, 0) is 24.7 Å². The van der Waals surface area contributed by atoms with Gasteiger partial charge in [0.05, 0.1) is 12.6 Å². The van der Waals surface area contributed by atoms with Crippen molar-refractivity contribution in [2.45, 2.75) is 64.7 Å². The van der Waals surface area contributed by atoms with Gasteiger partial charge < -0.3 is 9.88 Å². The normalized spacial score (nSPS) is 18.5. The first-order chi connectivity index (χ1) is 10.7. The third-order valence-electron chi connectivity index (χ3n) is 4.24. The molecule has 0 fully saturated rings. The van der Waals surface area contributed by atoms with Crippen molar-refractivity contribution in [3.8, 4) is 6.07 Å². The van der Waals surface area contributed by atoms with Gasteiger partial charge in [0.25, 0.3) is 0 Å². The lowest BCUT2D eigenvalue weighted by Crippen LogP contribution is -2.31. The molecule has 5 nitrogen and oxygen atoms in total. The molecule has 2 heterocycles. The highest BCUT2D eigenvalue weighted by Gasteiger charge is 2.45. The van der Waals surface area contributed by atoms with Crippen molar-refractivity contribution in [1.29, 1.82) is 5.26 Å². The van der Waals surface area contributed by atoms with E-state index >= 15 is 0 Å². The van der Waals surface area contributed by atoms with Crippen molar-refractivity contribution >= 4 is 0 Å². The summed E-state index contributed by atoms with van der Waals surface area (Å²) in [6.45, 7) is 5.68. The Kier molecular flexibility index (Phi) is 5.30. The summed E-state index contributed by atoms with van der Waals surface area (Å²) in [5.74, 6) is -0.932. The van der Waals surface area contributed by atoms with E-state index in [1.165, 1.54) is 0 Å². The maximum Gasteiger partial charge on any atom is 0.398 e. The summed E-state index contributed by atoms with van der Waals surface area (Å²) in [5, 5.41) is 19.6. The van der Waals surface area contributed by atoms with Gasteiger partial charge in [-0.15, -0.1) is 10.2 Å². The molecule has 1 atom stereocenters. The molecule has 1 aromatic rings. The number of nitrogens with zero attached hydrogens (tertiary/aromatic N) is 4. The number of hydrogen-bond acceptors (Lipinski definition) is 4. The summed E-state index contributed by atoms with van der Waals surface area (Å²) < 4.78 is 40.7. The minimum Gasteiger partial charge on any atom is -0.313 e. The molecule has 128 valence electrons. The fourth-order valence-corrected chi connectivity index (χ4v) is 2.87. The number of alkyl halides is 3. The van der Waals surface area contributed by atoms with Gasteiger partial charge in [0.15, 0.2) is 0 Å². The van der Waals surface area contributed by atoms with Gasteiger partial charge in [-0.2, -0.15) is 18.4 Å². The van der Waals surface area contributed by atoms with Crippen molar-refractivity contribution in [3.05, 3.63) is 11.6 Å². The molecule has 0 aliphatic carbocycles. The molecule has 0 aromatic carbocycles. The quantitative estimate of drug-likeness (QED) is 0.871. The maximum absolute atomic E-state index is 13.0. The van der Waals surface area contributed by atoms with Crippen LogP contribution in [-0.2, 0) is 13.1 Å². The molecule has 23 heavy (non-hydrogen) atoms. The summed E-state index contributed by atoms with van der Waals surface area (Å²) in [7, 11) is 0.